The van der Waals surface area contributed by atoms with Crippen LogP contribution < -0.4 is 5.32 Å². The van der Waals surface area contributed by atoms with Gasteiger partial charge < -0.3 is 5.32 Å². The van der Waals surface area contributed by atoms with Crippen LogP contribution in [0.3, 0.4) is 0 Å². The zero-order valence-corrected chi connectivity index (χ0v) is 9.97. The fourth-order valence-corrected chi connectivity index (χ4v) is 2.37. The minimum Gasteiger partial charge on any atom is -0.307 e. The van der Waals surface area contributed by atoms with E-state index in [0.717, 1.165) is 24.8 Å². The van der Waals surface area contributed by atoms with Gasteiger partial charge in [0.05, 0.1) is 6.04 Å². The average molecular weight is 237 g/mol. The van der Waals surface area contributed by atoms with Crippen LogP contribution in [-0.4, -0.2) is 6.54 Å². The fraction of sp³-hybridized carbons (Fsp3) is 0.429. The number of benzene rings is 1. The van der Waals surface area contributed by atoms with Crippen LogP contribution in [0.4, 0.5) is 8.78 Å². The smallest absolute Gasteiger partial charge is 0.131 e. The van der Waals surface area contributed by atoms with E-state index in [9.17, 15) is 8.78 Å². The van der Waals surface area contributed by atoms with Crippen LogP contribution in [0.1, 0.15) is 37.8 Å². The highest BCUT2D eigenvalue weighted by atomic mass is 19.1. The van der Waals surface area contributed by atoms with Crippen molar-refractivity contribution in [1.82, 2.24) is 5.32 Å². The molecule has 0 spiro atoms. The van der Waals surface area contributed by atoms with Gasteiger partial charge in [-0.15, -0.1) is 0 Å². The maximum Gasteiger partial charge on any atom is 0.131 e. The molecule has 0 saturated heterocycles. The first-order valence-corrected chi connectivity index (χ1v) is 6.10. The Bertz CT molecular complexity index is 406. The predicted molar refractivity (Wildman–Crippen MR) is 64.7 cm³/mol. The lowest BCUT2D eigenvalue weighted by atomic mass is 9.97. The van der Waals surface area contributed by atoms with E-state index in [4.69, 9.17) is 0 Å². The third kappa shape index (κ3) is 2.55. The molecule has 1 nitrogen and oxygen atoms in total. The second-order valence-electron chi connectivity index (χ2n) is 4.30. The van der Waals surface area contributed by atoms with Crippen molar-refractivity contribution in [3.05, 3.63) is 47.0 Å². The third-order valence-electron chi connectivity index (χ3n) is 3.14. The van der Waals surface area contributed by atoms with Crippen molar-refractivity contribution < 1.29 is 8.78 Å². The number of nitrogens with one attached hydrogen (secondary N) is 1. The van der Waals surface area contributed by atoms with E-state index in [2.05, 4.69) is 11.4 Å². The monoisotopic (exact) mass is 237 g/mol. The van der Waals surface area contributed by atoms with Gasteiger partial charge in [-0.05, 0) is 37.9 Å². The molecule has 1 atom stereocenters. The highest BCUT2D eigenvalue weighted by Crippen LogP contribution is 2.33. The highest BCUT2D eigenvalue weighted by Gasteiger charge is 2.24. The molecule has 92 valence electrons. The number of hydrogen-bond acceptors (Lipinski definition) is 1. The number of rotatable bonds is 4. The Kier molecular flexibility index (Phi) is 3.89. The van der Waals surface area contributed by atoms with E-state index in [0.29, 0.717) is 6.54 Å². The summed E-state index contributed by atoms with van der Waals surface area (Å²) in [7, 11) is 0. The molecule has 0 aromatic heterocycles. The first-order valence-electron chi connectivity index (χ1n) is 6.10. The summed E-state index contributed by atoms with van der Waals surface area (Å²) in [6.07, 6.45) is 5.10. The normalized spacial score (nSPS) is 17.0. The molecule has 1 aromatic rings. The summed E-state index contributed by atoms with van der Waals surface area (Å²) in [5.74, 6) is -0.937. The molecule has 1 aliphatic carbocycles. The quantitative estimate of drug-likeness (QED) is 0.787. The van der Waals surface area contributed by atoms with Crippen molar-refractivity contribution in [3.8, 4) is 0 Å². The molecule has 0 saturated carbocycles. The minimum absolute atomic E-state index is 0.155. The van der Waals surface area contributed by atoms with Crippen molar-refractivity contribution >= 4 is 0 Å². The van der Waals surface area contributed by atoms with Crippen LogP contribution in [0.15, 0.2) is 29.8 Å². The Morgan fingerprint density at radius 1 is 1.29 bits per heavy atom. The molecule has 0 fully saturated rings. The standard InChI is InChI=1S/C14H17F2N/c1-2-17-14(10-6-3-4-7-10)13-11(15)8-5-9-12(13)16/h5-6,8-9,14,17H,2-4,7H2,1H3. The van der Waals surface area contributed by atoms with Crippen molar-refractivity contribution in [2.24, 2.45) is 0 Å². The largest absolute Gasteiger partial charge is 0.307 e. The Labute approximate surface area is 101 Å². The van der Waals surface area contributed by atoms with Gasteiger partial charge in [0, 0.05) is 5.56 Å². The minimum atomic E-state index is -0.469. The van der Waals surface area contributed by atoms with Gasteiger partial charge in [0.2, 0.25) is 0 Å². The van der Waals surface area contributed by atoms with E-state index in [-0.39, 0.29) is 11.6 Å². The Morgan fingerprint density at radius 3 is 2.53 bits per heavy atom. The van der Waals surface area contributed by atoms with Gasteiger partial charge in [0.1, 0.15) is 11.6 Å². The summed E-state index contributed by atoms with van der Waals surface area (Å²) >= 11 is 0. The number of likely N-dealkylation sites (N-methyl/N-ethyl adjacent to an activating group) is 1. The third-order valence-corrected chi connectivity index (χ3v) is 3.14. The van der Waals surface area contributed by atoms with Gasteiger partial charge in [0.15, 0.2) is 0 Å². The summed E-state index contributed by atoms with van der Waals surface area (Å²) in [4.78, 5) is 0. The Morgan fingerprint density at radius 2 is 2.00 bits per heavy atom. The van der Waals surface area contributed by atoms with Crippen LogP contribution >= 0.6 is 0 Å². The van der Waals surface area contributed by atoms with Crippen LogP contribution in [0.25, 0.3) is 0 Å². The lowest BCUT2D eigenvalue weighted by molar-refractivity contribution is 0.502. The molecular weight excluding hydrogens is 220 g/mol. The molecule has 1 unspecified atom stereocenters. The van der Waals surface area contributed by atoms with E-state index in [1.165, 1.54) is 18.2 Å². The topological polar surface area (TPSA) is 12.0 Å². The van der Waals surface area contributed by atoms with Gasteiger partial charge in [-0.25, -0.2) is 8.78 Å². The molecule has 17 heavy (non-hydrogen) atoms. The number of allylic oxidation sites excluding steroid dienone is 1. The molecule has 1 aliphatic rings. The van der Waals surface area contributed by atoms with E-state index in [1.54, 1.807) is 0 Å². The zero-order valence-electron chi connectivity index (χ0n) is 9.97. The van der Waals surface area contributed by atoms with E-state index < -0.39 is 11.6 Å². The lowest BCUT2D eigenvalue weighted by Crippen LogP contribution is -2.24. The summed E-state index contributed by atoms with van der Waals surface area (Å²) in [5, 5.41) is 3.17. The summed E-state index contributed by atoms with van der Waals surface area (Å²) in [5.41, 5.74) is 1.26. The zero-order chi connectivity index (χ0) is 12.3. The van der Waals surface area contributed by atoms with Crippen LogP contribution in [0.2, 0.25) is 0 Å². The molecular formula is C14H17F2N. The molecule has 0 bridgehead atoms. The lowest BCUT2D eigenvalue weighted by Gasteiger charge is -2.21. The highest BCUT2D eigenvalue weighted by molar-refractivity contribution is 5.32. The first-order chi connectivity index (χ1) is 8.24. The Hall–Kier alpha value is -1.22. The van der Waals surface area contributed by atoms with E-state index in [1.807, 2.05) is 6.92 Å². The van der Waals surface area contributed by atoms with Gasteiger partial charge >= 0.3 is 0 Å². The molecule has 3 heteroatoms. The van der Waals surface area contributed by atoms with Crippen LogP contribution in [0, 0.1) is 11.6 Å². The first kappa shape index (κ1) is 12.2. The van der Waals surface area contributed by atoms with Gasteiger partial charge in [-0.2, -0.15) is 0 Å². The SMILES string of the molecule is CCNC(C1=CCCC1)c1c(F)cccc1F. The average Bonchev–Trinajstić information content (AvgIpc) is 2.80. The van der Waals surface area contributed by atoms with Gasteiger partial charge in [-0.1, -0.05) is 24.6 Å². The Balaban J connectivity index is 2.38. The van der Waals surface area contributed by atoms with E-state index >= 15 is 0 Å². The fourth-order valence-electron chi connectivity index (χ4n) is 2.37. The second-order valence-corrected chi connectivity index (χ2v) is 4.30. The molecule has 0 heterocycles. The molecule has 0 amide bonds. The summed E-state index contributed by atoms with van der Waals surface area (Å²) in [6.45, 7) is 2.64. The summed E-state index contributed by atoms with van der Waals surface area (Å²) in [6, 6.07) is 3.72. The molecule has 0 aliphatic heterocycles. The predicted octanol–water partition coefficient (Wildman–Crippen LogP) is 3.73. The van der Waals surface area contributed by atoms with Crippen molar-refractivity contribution in [2.45, 2.75) is 32.2 Å². The molecule has 1 N–H and O–H groups in total. The van der Waals surface area contributed by atoms with Crippen molar-refractivity contribution in [1.29, 1.82) is 0 Å². The van der Waals surface area contributed by atoms with Gasteiger partial charge in [-0.3, -0.25) is 0 Å². The van der Waals surface area contributed by atoms with Crippen LogP contribution in [-0.2, 0) is 0 Å². The van der Waals surface area contributed by atoms with Gasteiger partial charge in [0.25, 0.3) is 0 Å². The second kappa shape index (κ2) is 5.41. The number of halogens is 2. The van der Waals surface area contributed by atoms with Crippen molar-refractivity contribution in [2.75, 3.05) is 6.54 Å². The molecule has 1 aromatic carbocycles. The van der Waals surface area contributed by atoms with Crippen molar-refractivity contribution in [3.63, 3.8) is 0 Å². The van der Waals surface area contributed by atoms with Crippen LogP contribution in [0.5, 0.6) is 0 Å². The maximum absolute atomic E-state index is 13.8. The number of hydrogen-bond donors (Lipinski definition) is 1. The molecule has 0 radical (unpaired) electrons. The molecule has 2 rings (SSSR count). The summed E-state index contributed by atoms with van der Waals surface area (Å²) < 4.78 is 27.5. The maximum atomic E-state index is 13.8.